The number of ether oxygens (including phenoxy) is 1. The van der Waals surface area contributed by atoms with Crippen LogP contribution in [0.25, 0.3) is 0 Å². The number of aliphatic hydroxyl groups excluding tert-OH is 1. The van der Waals surface area contributed by atoms with Crippen molar-refractivity contribution in [2.75, 3.05) is 39.9 Å². The highest BCUT2D eigenvalue weighted by Gasteiger charge is 2.41. The van der Waals surface area contributed by atoms with Gasteiger partial charge in [0.15, 0.2) is 0 Å². The van der Waals surface area contributed by atoms with Gasteiger partial charge in [-0.1, -0.05) is 6.42 Å². The van der Waals surface area contributed by atoms with Crippen LogP contribution < -0.4 is 5.32 Å². The molecule has 0 bridgehead atoms. The number of hydrogen-bond donors (Lipinski definition) is 2. The molecule has 1 aliphatic carbocycles. The summed E-state index contributed by atoms with van der Waals surface area (Å²) >= 11 is 0. The maximum Gasteiger partial charge on any atom is 0.237 e. The van der Waals surface area contributed by atoms with Crippen LogP contribution in [-0.2, 0) is 14.3 Å². The van der Waals surface area contributed by atoms with E-state index in [0.29, 0.717) is 32.0 Å². The number of β-amino-alcohol motifs (C(OH)–C–C–N with tert-alkyl or cyclic N) is 1. The summed E-state index contributed by atoms with van der Waals surface area (Å²) in [7, 11) is 1.61. The molecule has 0 radical (unpaired) electrons. The molecule has 2 amide bonds. The number of likely N-dealkylation sites (tertiary alicyclic amines) is 2. The highest BCUT2D eigenvalue weighted by molar-refractivity contribution is 5.82. The van der Waals surface area contributed by atoms with Crippen molar-refractivity contribution in [1.82, 2.24) is 15.1 Å². The van der Waals surface area contributed by atoms with Crippen molar-refractivity contribution in [1.29, 1.82) is 0 Å². The second kappa shape index (κ2) is 8.47. The highest BCUT2D eigenvalue weighted by Crippen LogP contribution is 2.31. The van der Waals surface area contributed by atoms with Crippen LogP contribution in [0.4, 0.5) is 0 Å². The average Bonchev–Trinajstić information content (AvgIpc) is 2.95. The first kappa shape index (κ1) is 18.6. The fourth-order valence-corrected chi connectivity index (χ4v) is 4.22. The van der Waals surface area contributed by atoms with Crippen molar-refractivity contribution in [3.8, 4) is 0 Å². The molecule has 3 fully saturated rings. The van der Waals surface area contributed by atoms with Crippen molar-refractivity contribution in [2.45, 2.75) is 56.7 Å². The van der Waals surface area contributed by atoms with Crippen molar-refractivity contribution in [3.63, 3.8) is 0 Å². The predicted octanol–water partition coefficient (Wildman–Crippen LogP) is -0.0247. The molecule has 0 aromatic carbocycles. The number of carbonyl (C=O) groups is 2. The van der Waals surface area contributed by atoms with Crippen LogP contribution in [0.3, 0.4) is 0 Å². The number of rotatable bonds is 6. The van der Waals surface area contributed by atoms with Crippen LogP contribution in [0.5, 0.6) is 0 Å². The summed E-state index contributed by atoms with van der Waals surface area (Å²) in [6.45, 7) is 3.06. The van der Waals surface area contributed by atoms with E-state index in [2.05, 4.69) is 10.2 Å². The lowest BCUT2D eigenvalue weighted by Crippen LogP contribution is -2.53. The number of amides is 2. The van der Waals surface area contributed by atoms with Gasteiger partial charge in [0.2, 0.25) is 11.8 Å². The van der Waals surface area contributed by atoms with E-state index in [-0.39, 0.29) is 23.9 Å². The number of hydrogen-bond acceptors (Lipinski definition) is 5. The molecule has 2 atom stereocenters. The van der Waals surface area contributed by atoms with E-state index in [1.54, 1.807) is 7.11 Å². The normalized spacial score (nSPS) is 28.8. The van der Waals surface area contributed by atoms with Crippen LogP contribution in [0.1, 0.15) is 38.5 Å². The van der Waals surface area contributed by atoms with E-state index < -0.39 is 6.10 Å². The van der Waals surface area contributed by atoms with Gasteiger partial charge >= 0.3 is 0 Å². The first-order valence-electron chi connectivity index (χ1n) is 9.59. The Bertz CT molecular complexity index is 475. The minimum atomic E-state index is -0.451. The van der Waals surface area contributed by atoms with E-state index >= 15 is 0 Å². The number of aliphatic hydroxyl groups is 1. The van der Waals surface area contributed by atoms with Gasteiger partial charge in [-0.3, -0.25) is 14.5 Å². The Labute approximate surface area is 149 Å². The fraction of sp³-hybridized carbons (Fsp3) is 0.889. The molecule has 7 heteroatoms. The third-order valence-electron chi connectivity index (χ3n) is 5.92. The van der Waals surface area contributed by atoms with Gasteiger partial charge in [-0.25, -0.2) is 0 Å². The second-order valence-electron chi connectivity index (χ2n) is 7.57. The Morgan fingerprint density at radius 2 is 1.92 bits per heavy atom. The average molecular weight is 353 g/mol. The molecule has 7 nitrogen and oxygen atoms in total. The molecule has 25 heavy (non-hydrogen) atoms. The minimum Gasteiger partial charge on any atom is -0.392 e. The number of nitrogens with one attached hydrogen (secondary N) is 1. The molecular formula is C18H31N3O4. The number of carbonyl (C=O) groups excluding carboxylic acids is 2. The SMILES string of the molecule is COCCNC(=O)[C@@H]1C[C@@H](O)CN1C1CCN(C(=O)C2CCC2)CC1. The maximum absolute atomic E-state index is 12.4. The molecule has 2 heterocycles. The van der Waals surface area contributed by atoms with E-state index in [0.717, 1.165) is 38.8 Å². The standard InChI is InChI=1S/C18H31N3O4/c1-25-10-7-19-17(23)16-11-15(22)12-21(16)14-5-8-20(9-6-14)18(24)13-3-2-4-13/h13-16,22H,2-12H2,1H3,(H,19,23)/t15-,16+/m1/s1. The zero-order chi connectivity index (χ0) is 17.8. The minimum absolute atomic E-state index is 0.0263. The van der Waals surface area contributed by atoms with Gasteiger partial charge in [0, 0.05) is 45.2 Å². The molecule has 2 aliphatic heterocycles. The van der Waals surface area contributed by atoms with E-state index in [4.69, 9.17) is 4.74 Å². The van der Waals surface area contributed by atoms with Crippen molar-refractivity contribution < 1.29 is 19.4 Å². The zero-order valence-corrected chi connectivity index (χ0v) is 15.2. The summed E-state index contributed by atoms with van der Waals surface area (Å²) < 4.78 is 4.97. The molecule has 3 rings (SSSR count). The Morgan fingerprint density at radius 1 is 1.20 bits per heavy atom. The summed E-state index contributed by atoms with van der Waals surface area (Å²) in [5.41, 5.74) is 0. The number of nitrogens with zero attached hydrogens (tertiary/aromatic N) is 2. The maximum atomic E-state index is 12.4. The van der Waals surface area contributed by atoms with Gasteiger partial charge in [0.1, 0.15) is 0 Å². The summed E-state index contributed by atoms with van der Waals surface area (Å²) in [5, 5.41) is 13.0. The van der Waals surface area contributed by atoms with E-state index in [1.807, 2.05) is 4.90 Å². The molecule has 2 saturated heterocycles. The highest BCUT2D eigenvalue weighted by atomic mass is 16.5. The monoisotopic (exact) mass is 353 g/mol. The topological polar surface area (TPSA) is 82.1 Å². The van der Waals surface area contributed by atoms with Crippen molar-refractivity contribution in [3.05, 3.63) is 0 Å². The number of piperidine rings is 1. The Kier molecular flexibility index (Phi) is 6.30. The van der Waals surface area contributed by atoms with Gasteiger partial charge in [0.05, 0.1) is 18.8 Å². The van der Waals surface area contributed by atoms with Crippen LogP contribution in [0.2, 0.25) is 0 Å². The number of methoxy groups -OCH3 is 1. The van der Waals surface area contributed by atoms with Crippen LogP contribution in [0.15, 0.2) is 0 Å². The third-order valence-corrected chi connectivity index (χ3v) is 5.92. The molecule has 1 saturated carbocycles. The summed E-state index contributed by atoms with van der Waals surface area (Å²) in [5.74, 6) is 0.547. The van der Waals surface area contributed by atoms with Gasteiger partial charge < -0.3 is 20.1 Å². The van der Waals surface area contributed by atoms with Gasteiger partial charge in [0.25, 0.3) is 0 Å². The first-order chi connectivity index (χ1) is 12.1. The molecule has 0 unspecified atom stereocenters. The van der Waals surface area contributed by atoms with E-state index in [1.165, 1.54) is 6.42 Å². The molecule has 0 aromatic heterocycles. The van der Waals surface area contributed by atoms with Crippen LogP contribution in [-0.4, -0.2) is 84.8 Å². The predicted molar refractivity (Wildman–Crippen MR) is 92.9 cm³/mol. The Morgan fingerprint density at radius 3 is 2.52 bits per heavy atom. The molecular weight excluding hydrogens is 322 g/mol. The Hall–Kier alpha value is -1.18. The molecule has 3 aliphatic rings. The first-order valence-corrected chi connectivity index (χ1v) is 9.59. The quantitative estimate of drug-likeness (QED) is 0.656. The summed E-state index contributed by atoms with van der Waals surface area (Å²) in [6, 6.07) is -0.00787. The lowest BCUT2D eigenvalue weighted by molar-refractivity contribution is -0.140. The molecule has 142 valence electrons. The summed E-state index contributed by atoms with van der Waals surface area (Å²) in [6.07, 6.45) is 5.06. The van der Waals surface area contributed by atoms with Crippen molar-refractivity contribution >= 4 is 11.8 Å². The van der Waals surface area contributed by atoms with Crippen LogP contribution in [0, 0.1) is 5.92 Å². The molecule has 2 N–H and O–H groups in total. The molecule has 0 spiro atoms. The van der Waals surface area contributed by atoms with E-state index in [9.17, 15) is 14.7 Å². The smallest absolute Gasteiger partial charge is 0.237 e. The van der Waals surface area contributed by atoms with Gasteiger partial charge in [-0.15, -0.1) is 0 Å². The zero-order valence-electron chi connectivity index (χ0n) is 15.2. The van der Waals surface area contributed by atoms with Gasteiger partial charge in [-0.2, -0.15) is 0 Å². The molecule has 0 aromatic rings. The fourth-order valence-electron chi connectivity index (χ4n) is 4.22. The van der Waals surface area contributed by atoms with Crippen molar-refractivity contribution in [2.24, 2.45) is 5.92 Å². The lowest BCUT2D eigenvalue weighted by Gasteiger charge is -2.40. The van der Waals surface area contributed by atoms with Gasteiger partial charge in [-0.05, 0) is 32.1 Å². The largest absolute Gasteiger partial charge is 0.392 e. The lowest BCUT2D eigenvalue weighted by atomic mass is 9.84. The van der Waals surface area contributed by atoms with Crippen LogP contribution >= 0.6 is 0 Å². The summed E-state index contributed by atoms with van der Waals surface area (Å²) in [4.78, 5) is 29.0. The Balaban J connectivity index is 1.51. The second-order valence-corrected chi connectivity index (χ2v) is 7.57. The third kappa shape index (κ3) is 4.33.